The fraction of sp³-hybridized carbons (Fsp3) is 0.167. The number of carbonyl (C=O) groups excluding carboxylic acids is 1. The van der Waals surface area contributed by atoms with Crippen molar-refractivity contribution in [3.8, 4) is 11.5 Å². The maximum absolute atomic E-state index is 13.1. The van der Waals surface area contributed by atoms with Crippen molar-refractivity contribution >= 4 is 54.8 Å². The van der Waals surface area contributed by atoms with Crippen LogP contribution in [0.3, 0.4) is 0 Å². The van der Waals surface area contributed by atoms with Crippen LogP contribution in [-0.4, -0.2) is 33.1 Å². The molecular weight excluding hydrogens is 524 g/mol. The lowest BCUT2D eigenvalue weighted by atomic mass is 10.1. The molecule has 3 aromatic carbocycles. The third-order valence-electron chi connectivity index (χ3n) is 5.45. The lowest BCUT2D eigenvalue weighted by Gasteiger charge is -2.15. The first kappa shape index (κ1) is 25.5. The minimum atomic E-state index is -4.09. The van der Waals surface area contributed by atoms with Gasteiger partial charge in [-0.15, -0.1) is 5.10 Å². The van der Waals surface area contributed by atoms with E-state index in [0.29, 0.717) is 16.1 Å². The van der Waals surface area contributed by atoms with Crippen LogP contribution in [0.1, 0.15) is 15.9 Å². The van der Waals surface area contributed by atoms with Crippen molar-refractivity contribution < 1.29 is 22.7 Å². The summed E-state index contributed by atoms with van der Waals surface area (Å²) in [5.41, 5.74) is 4.41. The zero-order valence-corrected chi connectivity index (χ0v) is 22.2. The predicted molar refractivity (Wildman–Crippen MR) is 140 cm³/mol. The summed E-state index contributed by atoms with van der Waals surface area (Å²) in [7, 11) is 0.605. The molecule has 188 valence electrons. The summed E-state index contributed by atoms with van der Waals surface area (Å²) >= 11 is 7.59. The Kier molecular flexibility index (Phi) is 7.25. The first-order chi connectivity index (χ1) is 17.1. The summed E-state index contributed by atoms with van der Waals surface area (Å²) in [5.74, 6) is 0.0218. The van der Waals surface area contributed by atoms with E-state index in [1.165, 1.54) is 49.8 Å². The van der Waals surface area contributed by atoms with Gasteiger partial charge in [0.15, 0.2) is 0 Å². The number of hydrogen-bond donors (Lipinski definition) is 2. The molecule has 0 aliphatic carbocycles. The number of carbonyl (C=O) groups is 1. The van der Waals surface area contributed by atoms with Crippen LogP contribution in [-0.2, 0) is 17.1 Å². The number of nitrogens with zero attached hydrogens (tertiary/aromatic N) is 2. The van der Waals surface area contributed by atoms with Crippen molar-refractivity contribution in [3.05, 3.63) is 75.5 Å². The molecule has 0 spiro atoms. The van der Waals surface area contributed by atoms with Gasteiger partial charge in [-0.05, 0) is 42.8 Å². The Balaban J connectivity index is 1.63. The maximum atomic E-state index is 13.1. The van der Waals surface area contributed by atoms with Crippen LogP contribution in [0, 0.1) is 6.92 Å². The third kappa shape index (κ3) is 5.03. The standard InChI is InChI=1S/C24H23ClN4O5S2/c1-14-9-10-15(36(31,32)28-18-12-17(25)20(33-3)13-21(18)34-4)11-16(14)23(30)26-27-24-29(2)19-7-5-6-8-22(19)35-24/h5-13,28H,1-4H3,(H,26,30)/b27-24+. The molecule has 12 heteroatoms. The second kappa shape index (κ2) is 10.2. The van der Waals surface area contributed by atoms with Gasteiger partial charge in [-0.2, -0.15) is 0 Å². The van der Waals surface area contributed by atoms with Crippen LogP contribution in [0.4, 0.5) is 5.69 Å². The number of sulfonamides is 1. The van der Waals surface area contributed by atoms with Crippen molar-refractivity contribution in [1.82, 2.24) is 9.99 Å². The molecule has 0 saturated heterocycles. The van der Waals surface area contributed by atoms with Gasteiger partial charge in [0, 0.05) is 18.7 Å². The number of anilines is 1. The Bertz CT molecular complexity index is 1640. The summed E-state index contributed by atoms with van der Waals surface area (Å²) in [6.45, 7) is 1.71. The topological polar surface area (TPSA) is 111 Å². The number of para-hydroxylation sites is 1. The van der Waals surface area contributed by atoms with Gasteiger partial charge >= 0.3 is 0 Å². The number of rotatable bonds is 7. The molecule has 0 saturated carbocycles. The van der Waals surface area contributed by atoms with Gasteiger partial charge in [0.2, 0.25) is 4.80 Å². The Morgan fingerprint density at radius 3 is 2.47 bits per heavy atom. The van der Waals surface area contributed by atoms with E-state index in [1.807, 2.05) is 35.9 Å². The number of methoxy groups -OCH3 is 2. The number of halogens is 1. The predicted octanol–water partition coefficient (Wildman–Crippen LogP) is 4.27. The van der Waals surface area contributed by atoms with E-state index in [4.69, 9.17) is 21.1 Å². The highest BCUT2D eigenvalue weighted by atomic mass is 35.5. The van der Waals surface area contributed by atoms with E-state index in [-0.39, 0.29) is 26.9 Å². The molecule has 4 aromatic rings. The van der Waals surface area contributed by atoms with Gasteiger partial charge in [-0.25, -0.2) is 13.8 Å². The Morgan fingerprint density at radius 1 is 1.06 bits per heavy atom. The van der Waals surface area contributed by atoms with Gasteiger partial charge in [0.25, 0.3) is 15.9 Å². The van der Waals surface area contributed by atoms with E-state index < -0.39 is 15.9 Å². The molecule has 0 unspecified atom stereocenters. The molecule has 36 heavy (non-hydrogen) atoms. The maximum Gasteiger partial charge on any atom is 0.271 e. The number of thiazole rings is 1. The van der Waals surface area contributed by atoms with Crippen LogP contribution in [0.5, 0.6) is 11.5 Å². The first-order valence-corrected chi connectivity index (χ1v) is 13.3. The van der Waals surface area contributed by atoms with E-state index in [0.717, 1.165) is 10.2 Å². The lowest BCUT2D eigenvalue weighted by molar-refractivity contribution is 0.0952. The zero-order valence-electron chi connectivity index (χ0n) is 19.8. The molecule has 9 nitrogen and oxygen atoms in total. The molecule has 0 radical (unpaired) electrons. The van der Waals surface area contributed by atoms with Crippen molar-refractivity contribution in [2.75, 3.05) is 18.9 Å². The third-order valence-corrected chi connectivity index (χ3v) is 8.22. The molecule has 2 N–H and O–H groups in total. The molecule has 0 atom stereocenters. The Morgan fingerprint density at radius 2 is 1.78 bits per heavy atom. The molecule has 1 aromatic heterocycles. The fourth-order valence-corrected chi connectivity index (χ4v) is 5.81. The molecule has 0 bridgehead atoms. The van der Waals surface area contributed by atoms with E-state index in [1.54, 1.807) is 13.0 Å². The molecule has 0 fully saturated rings. The number of ether oxygens (including phenoxy) is 2. The van der Waals surface area contributed by atoms with Crippen molar-refractivity contribution in [1.29, 1.82) is 0 Å². The van der Waals surface area contributed by atoms with Gasteiger partial charge in [0.05, 0.1) is 40.0 Å². The van der Waals surface area contributed by atoms with Crippen molar-refractivity contribution in [2.24, 2.45) is 12.1 Å². The monoisotopic (exact) mass is 546 g/mol. The smallest absolute Gasteiger partial charge is 0.271 e. The lowest BCUT2D eigenvalue weighted by Crippen LogP contribution is -2.24. The molecule has 4 rings (SSSR count). The number of benzene rings is 3. The van der Waals surface area contributed by atoms with Crippen LogP contribution >= 0.6 is 22.9 Å². The normalized spacial score (nSPS) is 12.0. The van der Waals surface area contributed by atoms with Gasteiger partial charge < -0.3 is 14.0 Å². The summed E-state index contributed by atoms with van der Waals surface area (Å²) in [4.78, 5) is 13.4. The van der Waals surface area contributed by atoms with Crippen LogP contribution in [0.25, 0.3) is 10.2 Å². The van der Waals surface area contributed by atoms with Gasteiger partial charge in [-0.3, -0.25) is 9.52 Å². The molecule has 1 heterocycles. The van der Waals surface area contributed by atoms with Crippen molar-refractivity contribution in [3.63, 3.8) is 0 Å². The fourth-order valence-electron chi connectivity index (χ4n) is 3.50. The quantitative estimate of drug-likeness (QED) is 0.336. The van der Waals surface area contributed by atoms with Crippen LogP contribution < -0.4 is 24.4 Å². The highest BCUT2D eigenvalue weighted by molar-refractivity contribution is 7.92. The van der Waals surface area contributed by atoms with Gasteiger partial charge in [-0.1, -0.05) is 41.1 Å². The molecule has 0 aliphatic heterocycles. The number of fused-ring (bicyclic) bond motifs is 1. The van der Waals surface area contributed by atoms with Crippen molar-refractivity contribution in [2.45, 2.75) is 11.8 Å². The molecule has 0 aliphatic rings. The van der Waals surface area contributed by atoms with Crippen LogP contribution in [0.2, 0.25) is 5.02 Å². The van der Waals surface area contributed by atoms with E-state index in [9.17, 15) is 13.2 Å². The number of aryl methyl sites for hydroxylation is 2. The summed E-state index contributed by atoms with van der Waals surface area (Å²) < 4.78 is 42.1. The van der Waals surface area contributed by atoms with E-state index >= 15 is 0 Å². The van der Waals surface area contributed by atoms with E-state index in [2.05, 4.69) is 15.2 Å². The number of hydrogen-bond acceptors (Lipinski definition) is 7. The highest BCUT2D eigenvalue weighted by Crippen LogP contribution is 2.37. The summed E-state index contributed by atoms with van der Waals surface area (Å²) in [6, 6.07) is 14.9. The summed E-state index contributed by atoms with van der Waals surface area (Å²) in [5, 5.41) is 4.45. The van der Waals surface area contributed by atoms with Gasteiger partial charge in [0.1, 0.15) is 11.5 Å². The SMILES string of the molecule is COc1cc(OC)c(NS(=O)(=O)c2ccc(C)c(C(=O)N/N=c3/sc4ccccc4n3C)c2)cc1Cl. The zero-order chi connectivity index (χ0) is 26.0. The second-order valence-corrected chi connectivity index (χ2v) is 10.8. The Hall–Kier alpha value is -3.54. The number of aromatic nitrogens is 1. The first-order valence-electron chi connectivity index (χ1n) is 10.6. The molecule has 1 amide bonds. The second-order valence-electron chi connectivity index (χ2n) is 7.73. The summed E-state index contributed by atoms with van der Waals surface area (Å²) in [6.07, 6.45) is 0. The highest BCUT2D eigenvalue weighted by Gasteiger charge is 2.21. The minimum absolute atomic E-state index is 0.111. The van der Waals surface area contributed by atoms with Crippen LogP contribution in [0.15, 0.2) is 64.6 Å². The minimum Gasteiger partial charge on any atom is -0.495 e. The Labute approximate surface area is 217 Å². The largest absolute Gasteiger partial charge is 0.495 e. The average molecular weight is 547 g/mol. The average Bonchev–Trinajstić information content (AvgIpc) is 3.18. The number of nitrogens with one attached hydrogen (secondary N) is 2. The molecular formula is C24H23ClN4O5S2. The number of amides is 1.